The summed E-state index contributed by atoms with van der Waals surface area (Å²) < 4.78 is 18.9. The van der Waals surface area contributed by atoms with Gasteiger partial charge in [-0.3, -0.25) is 4.79 Å². The molecule has 0 radical (unpaired) electrons. The zero-order valence-corrected chi connectivity index (χ0v) is 13.2. The van der Waals surface area contributed by atoms with Crippen molar-refractivity contribution in [3.05, 3.63) is 34.1 Å². The molecule has 1 heterocycles. The lowest BCUT2D eigenvalue weighted by atomic mass is 9.90. The molecule has 112 valence electrons. The molecule has 0 unspecified atom stereocenters. The Kier molecular flexibility index (Phi) is 6.39. The van der Waals surface area contributed by atoms with Crippen LogP contribution in [0.4, 0.5) is 4.39 Å². The summed E-state index contributed by atoms with van der Waals surface area (Å²) >= 11 is 3.08. The summed E-state index contributed by atoms with van der Waals surface area (Å²) in [5.74, 6) is -0.556. The van der Waals surface area contributed by atoms with Crippen LogP contribution in [0.2, 0.25) is 0 Å². The van der Waals surface area contributed by atoms with Gasteiger partial charge in [-0.05, 0) is 46.5 Å². The van der Waals surface area contributed by atoms with E-state index in [1.807, 2.05) is 0 Å². The fourth-order valence-corrected chi connectivity index (χ4v) is 2.22. The average Bonchev–Trinajstić information content (AvgIpc) is 2.40. The van der Waals surface area contributed by atoms with Gasteiger partial charge in [0.15, 0.2) is 0 Å². The van der Waals surface area contributed by atoms with Gasteiger partial charge in [0, 0.05) is 19.8 Å². The normalized spacial score (nSPS) is 17.1. The van der Waals surface area contributed by atoms with Gasteiger partial charge in [-0.1, -0.05) is 6.07 Å². The molecule has 0 aromatic heterocycles. The van der Waals surface area contributed by atoms with Gasteiger partial charge in [0.2, 0.25) is 5.91 Å². The van der Waals surface area contributed by atoms with Crippen molar-refractivity contribution >= 4 is 34.2 Å². The number of nitrogens with one attached hydrogen (secondary N) is 1. The maximum Gasteiger partial charge on any atom is 0.240 e. The lowest BCUT2D eigenvalue weighted by molar-refractivity contribution is -0.129. The number of benzene rings is 1. The number of ether oxygens (including phenoxy) is 1. The van der Waals surface area contributed by atoms with E-state index in [1.165, 1.54) is 6.07 Å². The van der Waals surface area contributed by atoms with Crippen LogP contribution in [0.3, 0.4) is 0 Å². The minimum absolute atomic E-state index is 0. The third-order valence-electron chi connectivity index (χ3n) is 3.27. The maximum atomic E-state index is 13.3. The molecule has 0 bridgehead atoms. The fourth-order valence-electron chi connectivity index (χ4n) is 1.97. The van der Waals surface area contributed by atoms with Crippen molar-refractivity contribution in [2.24, 2.45) is 5.73 Å². The molecule has 1 amide bonds. The predicted octanol–water partition coefficient (Wildman–Crippen LogP) is 2.13. The van der Waals surface area contributed by atoms with Crippen molar-refractivity contribution < 1.29 is 13.9 Å². The first-order chi connectivity index (χ1) is 9.01. The largest absolute Gasteiger partial charge is 0.381 e. The van der Waals surface area contributed by atoms with Crippen LogP contribution in [0.15, 0.2) is 22.7 Å². The second kappa shape index (κ2) is 7.36. The molecule has 1 saturated heterocycles. The first-order valence-electron chi connectivity index (χ1n) is 6.10. The number of nitrogens with two attached hydrogens (primary N) is 1. The first-order valence-corrected chi connectivity index (χ1v) is 6.89. The molecule has 1 aliphatic heterocycles. The van der Waals surface area contributed by atoms with E-state index in [2.05, 4.69) is 21.2 Å². The highest BCUT2D eigenvalue weighted by molar-refractivity contribution is 9.10. The van der Waals surface area contributed by atoms with Crippen LogP contribution in [0.25, 0.3) is 0 Å². The Labute approximate surface area is 131 Å². The highest BCUT2D eigenvalue weighted by atomic mass is 79.9. The highest BCUT2D eigenvalue weighted by Crippen LogP contribution is 2.19. The summed E-state index contributed by atoms with van der Waals surface area (Å²) in [5, 5.41) is 2.75. The smallest absolute Gasteiger partial charge is 0.240 e. The van der Waals surface area contributed by atoms with Gasteiger partial charge in [-0.25, -0.2) is 4.39 Å². The number of carbonyl (C=O) groups excluding carboxylic acids is 1. The van der Waals surface area contributed by atoms with Crippen LogP contribution in [0.1, 0.15) is 18.4 Å². The Morgan fingerprint density at radius 2 is 2.10 bits per heavy atom. The van der Waals surface area contributed by atoms with E-state index < -0.39 is 5.54 Å². The summed E-state index contributed by atoms with van der Waals surface area (Å²) in [7, 11) is 0. The van der Waals surface area contributed by atoms with Crippen molar-refractivity contribution in [2.45, 2.75) is 24.9 Å². The molecule has 0 saturated carbocycles. The number of hydrogen-bond donors (Lipinski definition) is 2. The third-order valence-corrected chi connectivity index (χ3v) is 3.92. The Hall–Kier alpha value is -0.690. The predicted molar refractivity (Wildman–Crippen MR) is 80.2 cm³/mol. The van der Waals surface area contributed by atoms with E-state index in [4.69, 9.17) is 10.5 Å². The van der Waals surface area contributed by atoms with Crippen LogP contribution >= 0.6 is 28.3 Å². The lowest BCUT2D eigenvalue weighted by Crippen LogP contribution is -2.56. The summed E-state index contributed by atoms with van der Waals surface area (Å²) in [6.07, 6.45) is 1.01. The van der Waals surface area contributed by atoms with Crippen LogP contribution in [-0.2, 0) is 16.1 Å². The minimum Gasteiger partial charge on any atom is -0.381 e. The highest BCUT2D eigenvalue weighted by Gasteiger charge is 2.35. The fraction of sp³-hybridized carbons (Fsp3) is 0.462. The molecule has 1 aliphatic rings. The first kappa shape index (κ1) is 17.4. The SMILES string of the molecule is Cl.NC1(C(=O)NCc2ccc(Br)c(F)c2)CCOCC1. The molecule has 2 rings (SSSR count). The minimum atomic E-state index is -0.869. The average molecular weight is 368 g/mol. The Morgan fingerprint density at radius 3 is 2.70 bits per heavy atom. The zero-order valence-electron chi connectivity index (χ0n) is 10.8. The van der Waals surface area contributed by atoms with E-state index in [0.29, 0.717) is 36.1 Å². The molecular weight excluding hydrogens is 351 g/mol. The Balaban J connectivity index is 0.00000200. The van der Waals surface area contributed by atoms with Crippen molar-refractivity contribution in [1.82, 2.24) is 5.32 Å². The number of amides is 1. The monoisotopic (exact) mass is 366 g/mol. The van der Waals surface area contributed by atoms with Crippen molar-refractivity contribution in [3.63, 3.8) is 0 Å². The molecule has 1 fully saturated rings. The Bertz CT molecular complexity index is 481. The third kappa shape index (κ3) is 4.15. The molecular formula is C13H17BrClFN2O2. The van der Waals surface area contributed by atoms with Crippen molar-refractivity contribution in [2.75, 3.05) is 13.2 Å². The van der Waals surface area contributed by atoms with E-state index >= 15 is 0 Å². The molecule has 1 aromatic carbocycles. The van der Waals surface area contributed by atoms with Crippen LogP contribution in [0.5, 0.6) is 0 Å². The molecule has 1 aromatic rings. The lowest BCUT2D eigenvalue weighted by Gasteiger charge is -2.31. The van der Waals surface area contributed by atoms with Gasteiger partial charge in [0.05, 0.1) is 10.0 Å². The van der Waals surface area contributed by atoms with Gasteiger partial charge in [0.25, 0.3) is 0 Å². The molecule has 0 atom stereocenters. The van der Waals surface area contributed by atoms with Crippen LogP contribution in [0, 0.1) is 5.82 Å². The molecule has 0 spiro atoms. The Morgan fingerprint density at radius 1 is 1.45 bits per heavy atom. The number of rotatable bonds is 3. The van der Waals surface area contributed by atoms with Crippen LogP contribution < -0.4 is 11.1 Å². The number of hydrogen-bond acceptors (Lipinski definition) is 3. The van der Waals surface area contributed by atoms with E-state index in [1.54, 1.807) is 12.1 Å². The summed E-state index contributed by atoms with van der Waals surface area (Å²) in [6, 6.07) is 4.75. The van der Waals surface area contributed by atoms with Gasteiger partial charge in [0.1, 0.15) is 5.82 Å². The molecule has 3 N–H and O–H groups in total. The standard InChI is InChI=1S/C13H16BrFN2O2.ClH/c14-10-2-1-9(7-11(10)15)8-17-12(18)13(16)3-5-19-6-4-13;/h1-2,7H,3-6,8,16H2,(H,17,18);1H. The van der Waals surface area contributed by atoms with Gasteiger partial charge >= 0.3 is 0 Å². The summed E-state index contributed by atoms with van der Waals surface area (Å²) in [6.45, 7) is 1.26. The van der Waals surface area contributed by atoms with Gasteiger partial charge in [-0.15, -0.1) is 12.4 Å². The zero-order chi connectivity index (χ0) is 13.9. The topological polar surface area (TPSA) is 64.4 Å². The maximum absolute atomic E-state index is 13.3. The molecule has 20 heavy (non-hydrogen) atoms. The van der Waals surface area contributed by atoms with Crippen molar-refractivity contribution in [1.29, 1.82) is 0 Å². The summed E-state index contributed by atoms with van der Waals surface area (Å²) in [4.78, 5) is 12.1. The quantitative estimate of drug-likeness (QED) is 0.860. The van der Waals surface area contributed by atoms with E-state index in [0.717, 1.165) is 0 Å². The molecule has 7 heteroatoms. The number of halogens is 3. The van der Waals surface area contributed by atoms with E-state index in [9.17, 15) is 9.18 Å². The van der Waals surface area contributed by atoms with Gasteiger partial charge < -0.3 is 15.8 Å². The van der Waals surface area contributed by atoms with Gasteiger partial charge in [-0.2, -0.15) is 0 Å². The van der Waals surface area contributed by atoms with Crippen LogP contribution in [-0.4, -0.2) is 24.7 Å². The second-order valence-corrected chi connectivity index (χ2v) is 5.55. The number of carbonyl (C=O) groups is 1. The summed E-state index contributed by atoms with van der Waals surface area (Å²) in [5.41, 5.74) is 5.88. The molecule has 0 aliphatic carbocycles. The van der Waals surface area contributed by atoms with E-state index in [-0.39, 0.29) is 30.7 Å². The molecule has 4 nitrogen and oxygen atoms in total. The second-order valence-electron chi connectivity index (χ2n) is 4.70. The van der Waals surface area contributed by atoms with Crippen molar-refractivity contribution in [3.8, 4) is 0 Å².